The fraction of sp³-hybridized carbons (Fsp3) is 0.250. The largest absolute Gasteiger partial charge is 0.392 e. The Morgan fingerprint density at radius 1 is 0.941 bits per heavy atom. The fourth-order valence-corrected chi connectivity index (χ4v) is 2.27. The highest BCUT2D eigenvalue weighted by atomic mass is 16.3. The van der Waals surface area contributed by atoms with Crippen LogP contribution in [0.4, 0.5) is 0 Å². The lowest BCUT2D eigenvalue weighted by molar-refractivity contribution is 0.280. The number of rotatable bonds is 2. The maximum atomic E-state index is 9.50. The van der Waals surface area contributed by atoms with E-state index in [9.17, 15) is 5.11 Å². The van der Waals surface area contributed by atoms with Gasteiger partial charge in [-0.25, -0.2) is 0 Å². The first-order chi connectivity index (χ1) is 8.15. The first-order valence-electron chi connectivity index (χ1n) is 5.91. The number of hydrogen-bond donors (Lipinski definition) is 1. The Bertz CT molecular complexity index is 527. The quantitative estimate of drug-likeness (QED) is 0.826. The van der Waals surface area contributed by atoms with Crippen molar-refractivity contribution in [3.8, 4) is 11.1 Å². The summed E-state index contributed by atoms with van der Waals surface area (Å²) in [6, 6.07) is 12.5. The Balaban J connectivity index is 2.68. The van der Waals surface area contributed by atoms with Crippen LogP contribution in [0.25, 0.3) is 11.1 Å². The van der Waals surface area contributed by atoms with Crippen LogP contribution in [0.2, 0.25) is 0 Å². The predicted molar refractivity (Wildman–Crippen MR) is 72.0 cm³/mol. The molecule has 1 nitrogen and oxygen atoms in total. The van der Waals surface area contributed by atoms with Gasteiger partial charge in [0.15, 0.2) is 0 Å². The molecule has 0 fully saturated rings. The van der Waals surface area contributed by atoms with E-state index in [0.29, 0.717) is 0 Å². The molecule has 0 bridgehead atoms. The standard InChI is InChI=1S/C16H18O/c1-11-9-15(14-7-5-4-6-8-14)13(3)16(10-17)12(11)2/h4-9,17H,10H2,1-3H3. The Morgan fingerprint density at radius 3 is 2.18 bits per heavy atom. The molecule has 0 spiro atoms. The summed E-state index contributed by atoms with van der Waals surface area (Å²) in [6.45, 7) is 6.36. The Labute approximate surface area is 103 Å². The van der Waals surface area contributed by atoms with E-state index >= 15 is 0 Å². The molecule has 0 saturated carbocycles. The Kier molecular flexibility index (Phi) is 3.30. The summed E-state index contributed by atoms with van der Waals surface area (Å²) >= 11 is 0. The van der Waals surface area contributed by atoms with E-state index in [4.69, 9.17) is 0 Å². The lowest BCUT2D eigenvalue weighted by Gasteiger charge is -2.15. The number of benzene rings is 2. The van der Waals surface area contributed by atoms with Crippen molar-refractivity contribution in [2.75, 3.05) is 0 Å². The van der Waals surface area contributed by atoms with Crippen molar-refractivity contribution in [1.29, 1.82) is 0 Å². The van der Waals surface area contributed by atoms with Crippen molar-refractivity contribution >= 4 is 0 Å². The van der Waals surface area contributed by atoms with E-state index in [2.05, 4.69) is 39.0 Å². The molecule has 0 atom stereocenters. The van der Waals surface area contributed by atoms with Gasteiger partial charge in [-0.2, -0.15) is 0 Å². The number of aliphatic hydroxyl groups excluding tert-OH is 1. The van der Waals surface area contributed by atoms with Crippen LogP contribution in [-0.4, -0.2) is 5.11 Å². The second-order valence-electron chi connectivity index (χ2n) is 4.49. The zero-order valence-electron chi connectivity index (χ0n) is 10.6. The minimum absolute atomic E-state index is 0.110. The van der Waals surface area contributed by atoms with Crippen molar-refractivity contribution in [3.05, 3.63) is 58.7 Å². The van der Waals surface area contributed by atoms with Gasteiger partial charge in [0.1, 0.15) is 0 Å². The third-order valence-corrected chi connectivity index (χ3v) is 3.50. The van der Waals surface area contributed by atoms with Crippen LogP contribution in [0, 0.1) is 20.8 Å². The van der Waals surface area contributed by atoms with E-state index in [1.165, 1.54) is 27.8 Å². The van der Waals surface area contributed by atoms with Crippen LogP contribution < -0.4 is 0 Å². The predicted octanol–water partition coefficient (Wildman–Crippen LogP) is 3.77. The average molecular weight is 226 g/mol. The van der Waals surface area contributed by atoms with E-state index in [1.54, 1.807) is 0 Å². The normalized spacial score (nSPS) is 10.6. The van der Waals surface area contributed by atoms with Crippen LogP contribution in [0.15, 0.2) is 36.4 Å². The van der Waals surface area contributed by atoms with Gasteiger partial charge in [-0.1, -0.05) is 36.4 Å². The fourth-order valence-electron chi connectivity index (χ4n) is 2.27. The molecule has 17 heavy (non-hydrogen) atoms. The highest BCUT2D eigenvalue weighted by Crippen LogP contribution is 2.29. The first kappa shape index (κ1) is 11.9. The first-order valence-corrected chi connectivity index (χ1v) is 5.91. The summed E-state index contributed by atoms with van der Waals surface area (Å²) in [7, 11) is 0. The second kappa shape index (κ2) is 4.72. The summed E-state index contributed by atoms with van der Waals surface area (Å²) < 4.78 is 0. The van der Waals surface area contributed by atoms with E-state index in [-0.39, 0.29) is 6.61 Å². The molecule has 0 aliphatic heterocycles. The number of hydrogen-bond acceptors (Lipinski definition) is 1. The molecule has 0 heterocycles. The van der Waals surface area contributed by atoms with Crippen LogP contribution in [0.3, 0.4) is 0 Å². The van der Waals surface area contributed by atoms with Gasteiger partial charge in [0.2, 0.25) is 0 Å². The maximum Gasteiger partial charge on any atom is 0.0687 e. The van der Waals surface area contributed by atoms with Crippen molar-refractivity contribution < 1.29 is 5.11 Å². The molecule has 2 rings (SSSR count). The molecule has 0 amide bonds. The molecule has 0 aliphatic rings. The summed E-state index contributed by atoms with van der Waals surface area (Å²) in [5, 5.41) is 9.50. The minimum atomic E-state index is 0.110. The lowest BCUT2D eigenvalue weighted by Crippen LogP contribution is -1.99. The highest BCUT2D eigenvalue weighted by molar-refractivity contribution is 5.70. The van der Waals surface area contributed by atoms with Crippen LogP contribution in [0.5, 0.6) is 0 Å². The van der Waals surface area contributed by atoms with Crippen LogP contribution in [-0.2, 0) is 6.61 Å². The molecule has 1 N–H and O–H groups in total. The zero-order chi connectivity index (χ0) is 12.4. The Hall–Kier alpha value is -1.60. The third kappa shape index (κ3) is 2.11. The SMILES string of the molecule is Cc1cc(-c2ccccc2)c(C)c(CO)c1C. The lowest BCUT2D eigenvalue weighted by atomic mass is 9.90. The maximum absolute atomic E-state index is 9.50. The topological polar surface area (TPSA) is 20.2 Å². The molecular weight excluding hydrogens is 208 g/mol. The molecule has 1 heteroatoms. The minimum Gasteiger partial charge on any atom is -0.392 e. The van der Waals surface area contributed by atoms with Crippen LogP contribution in [0.1, 0.15) is 22.3 Å². The molecule has 2 aromatic carbocycles. The summed E-state index contributed by atoms with van der Waals surface area (Å²) in [5.41, 5.74) is 7.11. The monoisotopic (exact) mass is 226 g/mol. The van der Waals surface area contributed by atoms with Gasteiger partial charge in [0, 0.05) is 0 Å². The van der Waals surface area contributed by atoms with Gasteiger partial charge in [-0.3, -0.25) is 0 Å². The van der Waals surface area contributed by atoms with Crippen LogP contribution >= 0.6 is 0 Å². The van der Waals surface area contributed by atoms with E-state index in [1.807, 2.05) is 18.2 Å². The molecule has 0 unspecified atom stereocenters. The molecular formula is C16H18O. The van der Waals surface area contributed by atoms with E-state index < -0.39 is 0 Å². The summed E-state index contributed by atoms with van der Waals surface area (Å²) in [6.07, 6.45) is 0. The van der Waals surface area contributed by atoms with Gasteiger partial charge in [-0.05, 0) is 54.2 Å². The number of aliphatic hydroxyl groups is 1. The third-order valence-electron chi connectivity index (χ3n) is 3.50. The number of aryl methyl sites for hydroxylation is 1. The Morgan fingerprint density at radius 2 is 1.59 bits per heavy atom. The molecule has 0 saturated heterocycles. The van der Waals surface area contributed by atoms with Gasteiger partial charge in [0.25, 0.3) is 0 Å². The van der Waals surface area contributed by atoms with Gasteiger partial charge < -0.3 is 5.11 Å². The van der Waals surface area contributed by atoms with Crippen molar-refractivity contribution in [1.82, 2.24) is 0 Å². The summed E-state index contributed by atoms with van der Waals surface area (Å²) in [4.78, 5) is 0. The van der Waals surface area contributed by atoms with Gasteiger partial charge in [0.05, 0.1) is 6.61 Å². The average Bonchev–Trinajstić information content (AvgIpc) is 2.36. The molecule has 0 radical (unpaired) electrons. The molecule has 0 aromatic heterocycles. The van der Waals surface area contributed by atoms with Gasteiger partial charge >= 0.3 is 0 Å². The summed E-state index contributed by atoms with van der Waals surface area (Å²) in [5.74, 6) is 0. The molecule has 2 aromatic rings. The van der Waals surface area contributed by atoms with Crippen molar-refractivity contribution in [2.24, 2.45) is 0 Å². The highest BCUT2D eigenvalue weighted by Gasteiger charge is 2.10. The second-order valence-corrected chi connectivity index (χ2v) is 4.49. The molecule has 88 valence electrons. The van der Waals surface area contributed by atoms with E-state index in [0.717, 1.165) is 5.56 Å². The van der Waals surface area contributed by atoms with Gasteiger partial charge in [-0.15, -0.1) is 0 Å². The zero-order valence-corrected chi connectivity index (χ0v) is 10.6. The molecule has 0 aliphatic carbocycles. The smallest absolute Gasteiger partial charge is 0.0687 e. The van der Waals surface area contributed by atoms with Crippen molar-refractivity contribution in [3.63, 3.8) is 0 Å². The van der Waals surface area contributed by atoms with Crippen molar-refractivity contribution in [2.45, 2.75) is 27.4 Å².